The van der Waals surface area contributed by atoms with Crippen molar-refractivity contribution in [3.05, 3.63) is 69.9 Å². The van der Waals surface area contributed by atoms with Crippen molar-refractivity contribution in [3.8, 4) is 22.9 Å². The van der Waals surface area contributed by atoms with Crippen molar-refractivity contribution in [2.45, 2.75) is 33.6 Å². The van der Waals surface area contributed by atoms with Gasteiger partial charge in [-0.1, -0.05) is 19.4 Å². The lowest BCUT2D eigenvalue weighted by Gasteiger charge is -2.23. The Morgan fingerprint density at radius 1 is 1.13 bits per heavy atom. The zero-order valence-corrected chi connectivity index (χ0v) is 23.2. The van der Waals surface area contributed by atoms with E-state index in [0.29, 0.717) is 28.2 Å². The molecule has 9 nitrogen and oxygen atoms in total. The number of carbonyl (C=O) groups is 1. The highest BCUT2D eigenvalue weighted by Crippen LogP contribution is 2.33. The minimum absolute atomic E-state index is 0.0744. The van der Waals surface area contributed by atoms with Gasteiger partial charge in [0.25, 0.3) is 0 Å². The van der Waals surface area contributed by atoms with Gasteiger partial charge in [0.1, 0.15) is 17.1 Å². The number of aromatic nitrogens is 3. The number of carbonyl (C=O) groups excluding carboxylic acids is 1. The zero-order chi connectivity index (χ0) is 28.1. The molecule has 2 heterocycles. The van der Waals surface area contributed by atoms with Gasteiger partial charge in [-0.2, -0.15) is 0 Å². The van der Waals surface area contributed by atoms with Gasteiger partial charge in [0.05, 0.1) is 38.8 Å². The molecule has 0 saturated heterocycles. The van der Waals surface area contributed by atoms with Crippen molar-refractivity contribution >= 4 is 29.1 Å². The van der Waals surface area contributed by atoms with Crippen molar-refractivity contribution in [1.29, 1.82) is 0 Å². The number of hydrogen-bond donors (Lipinski definition) is 0. The molecule has 202 valence electrons. The first kappa shape index (κ1) is 27.5. The lowest BCUT2D eigenvalue weighted by Crippen LogP contribution is -2.23. The molecule has 4 rings (SSSR count). The maximum absolute atomic E-state index is 12.8. The second-order valence-corrected chi connectivity index (χ2v) is 9.07. The molecule has 0 N–H and O–H groups in total. The maximum atomic E-state index is 12.8. The molecule has 0 bridgehead atoms. The van der Waals surface area contributed by atoms with Gasteiger partial charge in [-0.3, -0.25) is 0 Å². The number of hydrogen-bond acceptors (Lipinski definition) is 7. The summed E-state index contributed by atoms with van der Waals surface area (Å²) in [6, 6.07) is 11.6. The fourth-order valence-electron chi connectivity index (χ4n) is 4.60. The van der Waals surface area contributed by atoms with Crippen molar-refractivity contribution in [2.75, 3.05) is 39.3 Å². The van der Waals surface area contributed by atoms with Crippen LogP contribution in [0.2, 0.25) is 0 Å². The van der Waals surface area contributed by atoms with Crippen molar-refractivity contribution < 1.29 is 19.0 Å². The van der Waals surface area contributed by atoms with E-state index in [1.165, 1.54) is 11.6 Å². The molecular weight excluding hydrogens is 494 g/mol. The van der Waals surface area contributed by atoms with Gasteiger partial charge in [0.2, 0.25) is 5.69 Å². The highest BCUT2D eigenvalue weighted by atomic mass is 16.5. The van der Waals surface area contributed by atoms with Gasteiger partial charge in [-0.15, -0.1) is 5.10 Å². The fourth-order valence-corrected chi connectivity index (χ4v) is 4.60. The number of rotatable bonds is 10. The molecule has 0 amide bonds. The lowest BCUT2D eigenvalue weighted by atomic mass is 10.1. The normalized spacial score (nSPS) is 11.5. The van der Waals surface area contributed by atoms with Gasteiger partial charge in [-0.25, -0.2) is 19.1 Å². The second kappa shape index (κ2) is 11.9. The molecule has 0 fully saturated rings. The SMILES string of the molecule is [C-]#[N+]c1c(C(=O)OC)c2nc(-c3cc(OC)ccc3OC)nn2/c1=C/c1ccc(N(CC)CCCC)cc1C. The Kier molecular flexibility index (Phi) is 8.35. The molecule has 0 aliphatic heterocycles. The van der Waals surface area contributed by atoms with Crippen LogP contribution in [0.3, 0.4) is 0 Å². The van der Waals surface area contributed by atoms with Crippen LogP contribution >= 0.6 is 0 Å². The molecule has 0 aliphatic rings. The number of ether oxygens (including phenoxy) is 3. The van der Waals surface area contributed by atoms with Gasteiger partial charge < -0.3 is 19.1 Å². The third-order valence-electron chi connectivity index (χ3n) is 6.76. The Bertz CT molecular complexity index is 1600. The number of nitrogens with zero attached hydrogens (tertiary/aromatic N) is 5. The molecule has 2 aromatic carbocycles. The molecule has 0 saturated carbocycles. The van der Waals surface area contributed by atoms with E-state index >= 15 is 0 Å². The van der Waals surface area contributed by atoms with Crippen LogP contribution in [0.1, 0.15) is 48.2 Å². The minimum Gasteiger partial charge on any atom is -0.497 e. The Hall–Kier alpha value is -4.58. The predicted molar refractivity (Wildman–Crippen MR) is 152 cm³/mol. The molecule has 0 radical (unpaired) electrons. The fraction of sp³-hybridized carbons (Fsp3) is 0.333. The van der Waals surface area contributed by atoms with Crippen molar-refractivity contribution in [1.82, 2.24) is 14.6 Å². The summed E-state index contributed by atoms with van der Waals surface area (Å²) < 4.78 is 17.5. The first-order valence-electron chi connectivity index (χ1n) is 12.9. The van der Waals surface area contributed by atoms with Crippen molar-refractivity contribution in [2.24, 2.45) is 0 Å². The second-order valence-electron chi connectivity index (χ2n) is 9.07. The van der Waals surface area contributed by atoms with Crippen LogP contribution in [-0.4, -0.2) is 55.0 Å². The highest BCUT2D eigenvalue weighted by molar-refractivity contribution is 6.03. The van der Waals surface area contributed by atoms with Crippen LogP contribution < -0.4 is 19.7 Å². The summed E-state index contributed by atoms with van der Waals surface area (Å²) in [7, 11) is 4.42. The highest BCUT2D eigenvalue weighted by Gasteiger charge is 2.26. The first-order valence-corrected chi connectivity index (χ1v) is 12.9. The summed E-state index contributed by atoms with van der Waals surface area (Å²) in [6.07, 6.45) is 4.14. The Morgan fingerprint density at radius 3 is 2.54 bits per heavy atom. The summed E-state index contributed by atoms with van der Waals surface area (Å²) in [5.41, 5.74) is 4.16. The lowest BCUT2D eigenvalue weighted by molar-refractivity contribution is 0.0604. The average Bonchev–Trinajstić information content (AvgIpc) is 3.51. The number of fused-ring (bicyclic) bond motifs is 1. The standard InChI is InChI=1S/C30H33N5O4/c1-8-10-15-34(9-2)21-12-11-20(19(3)16-21)17-24-27(31-4)26(30(36)39-7)29-32-28(33-35(24)29)23-18-22(37-5)13-14-25(23)38-6/h11-14,16-18H,8-10,15H2,1-3,5-7H3/b24-17+. The molecule has 9 heteroatoms. The van der Waals surface area contributed by atoms with Crippen LogP contribution in [-0.2, 0) is 4.74 Å². The molecule has 0 spiro atoms. The number of benzene rings is 2. The van der Waals surface area contributed by atoms with Crippen LogP contribution in [0.5, 0.6) is 11.5 Å². The Labute approximate surface area is 228 Å². The van der Waals surface area contributed by atoms with Crippen LogP contribution in [0.4, 0.5) is 11.4 Å². The van der Waals surface area contributed by atoms with Gasteiger partial charge in [0, 0.05) is 18.8 Å². The van der Waals surface area contributed by atoms with E-state index in [9.17, 15) is 4.79 Å². The summed E-state index contributed by atoms with van der Waals surface area (Å²) >= 11 is 0. The van der Waals surface area contributed by atoms with Crippen LogP contribution in [0.15, 0.2) is 36.4 Å². The zero-order valence-electron chi connectivity index (χ0n) is 23.2. The molecule has 0 atom stereocenters. The van der Waals surface area contributed by atoms with E-state index in [1.54, 1.807) is 32.4 Å². The number of unbranched alkanes of at least 4 members (excludes halogenated alkanes) is 1. The minimum atomic E-state index is -0.649. The molecule has 2 aromatic heterocycles. The first-order chi connectivity index (χ1) is 18.9. The Balaban J connectivity index is 1.94. The smallest absolute Gasteiger partial charge is 0.331 e. The number of aryl methyl sites for hydroxylation is 1. The number of esters is 1. The molecule has 0 unspecified atom stereocenters. The Morgan fingerprint density at radius 2 is 1.92 bits per heavy atom. The van der Waals surface area contributed by atoms with Gasteiger partial charge in [0.15, 0.2) is 11.5 Å². The average molecular weight is 528 g/mol. The number of methoxy groups -OCH3 is 3. The van der Waals surface area contributed by atoms with Gasteiger partial charge >= 0.3 is 5.97 Å². The topological polar surface area (TPSA) is 82.5 Å². The quantitative estimate of drug-likeness (QED) is 0.206. The predicted octanol–water partition coefficient (Wildman–Crippen LogP) is 5.23. The number of anilines is 1. The van der Waals surface area contributed by atoms with E-state index in [1.807, 2.05) is 19.1 Å². The monoisotopic (exact) mass is 527 g/mol. The largest absolute Gasteiger partial charge is 0.497 e. The molecule has 39 heavy (non-hydrogen) atoms. The summed E-state index contributed by atoms with van der Waals surface area (Å²) in [4.78, 5) is 23.5. The summed E-state index contributed by atoms with van der Waals surface area (Å²) in [6.45, 7) is 16.2. The van der Waals surface area contributed by atoms with Crippen LogP contribution in [0.25, 0.3) is 28.0 Å². The molecular formula is C30H33N5O4. The van der Waals surface area contributed by atoms with E-state index < -0.39 is 5.97 Å². The van der Waals surface area contributed by atoms with E-state index in [-0.39, 0.29) is 16.9 Å². The summed E-state index contributed by atoms with van der Waals surface area (Å²) in [5, 5.41) is 5.16. The van der Waals surface area contributed by atoms with E-state index in [4.69, 9.17) is 25.9 Å². The molecule has 4 aromatic rings. The van der Waals surface area contributed by atoms with Crippen molar-refractivity contribution in [3.63, 3.8) is 0 Å². The summed E-state index contributed by atoms with van der Waals surface area (Å²) in [5.74, 6) is 0.843. The van der Waals surface area contributed by atoms with Gasteiger partial charge in [-0.05, 0) is 67.8 Å². The molecule has 0 aliphatic carbocycles. The third-order valence-corrected chi connectivity index (χ3v) is 6.76. The maximum Gasteiger partial charge on any atom is 0.331 e. The van der Waals surface area contributed by atoms with E-state index in [0.717, 1.165) is 42.7 Å². The van der Waals surface area contributed by atoms with E-state index in [2.05, 4.69) is 40.7 Å². The third kappa shape index (κ3) is 5.23. The van der Waals surface area contributed by atoms with Crippen LogP contribution in [0, 0.1) is 13.5 Å².